The van der Waals surface area contributed by atoms with Crippen LogP contribution in [-0.4, -0.2) is 49.1 Å². The largest absolute Gasteiger partial charge is 0.480 e. The summed E-state index contributed by atoms with van der Waals surface area (Å²) in [4.78, 5) is 25.8. The van der Waals surface area contributed by atoms with Gasteiger partial charge < -0.3 is 14.9 Å². The minimum Gasteiger partial charge on any atom is -0.480 e. The first-order chi connectivity index (χ1) is 9.32. The van der Waals surface area contributed by atoms with E-state index in [0.717, 1.165) is 11.3 Å². The van der Waals surface area contributed by atoms with Gasteiger partial charge in [0.25, 0.3) is 0 Å². The number of rotatable bonds is 5. The lowest BCUT2D eigenvalue weighted by atomic mass is 10.2. The Bertz CT molecular complexity index is 506. The molecular formula is C15H20N2O3. The first kappa shape index (κ1) is 15.8. The van der Waals surface area contributed by atoms with Gasteiger partial charge in [0.15, 0.2) is 0 Å². The van der Waals surface area contributed by atoms with Crippen molar-refractivity contribution in [3.8, 4) is 0 Å². The molecular weight excluding hydrogens is 256 g/mol. The van der Waals surface area contributed by atoms with E-state index in [0.29, 0.717) is 0 Å². The van der Waals surface area contributed by atoms with Crippen LogP contribution in [-0.2, 0) is 9.59 Å². The second-order valence-electron chi connectivity index (χ2n) is 4.78. The first-order valence-corrected chi connectivity index (χ1v) is 6.28. The Kier molecular flexibility index (Phi) is 5.32. The number of likely N-dealkylation sites (N-methyl/N-ethyl adjacent to an activating group) is 1. The van der Waals surface area contributed by atoms with E-state index in [1.807, 2.05) is 43.3 Å². The third-order valence-corrected chi connectivity index (χ3v) is 3.11. The van der Waals surface area contributed by atoms with Gasteiger partial charge in [-0.15, -0.1) is 0 Å². The molecule has 0 saturated carbocycles. The number of aliphatic carboxylic acids is 1. The van der Waals surface area contributed by atoms with Crippen molar-refractivity contribution in [2.45, 2.75) is 13.0 Å². The van der Waals surface area contributed by atoms with E-state index in [9.17, 15) is 9.59 Å². The minimum atomic E-state index is -1.02. The summed E-state index contributed by atoms with van der Waals surface area (Å²) in [6, 6.07) is 6.87. The van der Waals surface area contributed by atoms with Crippen LogP contribution in [0, 0.1) is 0 Å². The number of nitrogens with zero attached hydrogens (tertiary/aromatic N) is 2. The Morgan fingerprint density at radius 3 is 2.15 bits per heavy atom. The highest BCUT2D eigenvalue weighted by molar-refractivity contribution is 5.94. The smallest absolute Gasteiger partial charge is 0.326 e. The van der Waals surface area contributed by atoms with Crippen LogP contribution in [0.5, 0.6) is 0 Å². The molecule has 0 aliphatic rings. The lowest BCUT2D eigenvalue weighted by molar-refractivity contribution is -0.146. The molecule has 0 heterocycles. The van der Waals surface area contributed by atoms with Crippen LogP contribution in [0.3, 0.4) is 0 Å². The van der Waals surface area contributed by atoms with Crippen molar-refractivity contribution in [3.63, 3.8) is 0 Å². The van der Waals surface area contributed by atoms with Crippen LogP contribution in [0.2, 0.25) is 0 Å². The monoisotopic (exact) mass is 276 g/mol. The van der Waals surface area contributed by atoms with Gasteiger partial charge in [-0.3, -0.25) is 4.79 Å². The average molecular weight is 276 g/mol. The van der Waals surface area contributed by atoms with Crippen molar-refractivity contribution in [2.24, 2.45) is 0 Å². The van der Waals surface area contributed by atoms with Crippen molar-refractivity contribution < 1.29 is 14.7 Å². The molecule has 108 valence electrons. The predicted molar refractivity (Wildman–Crippen MR) is 79.7 cm³/mol. The van der Waals surface area contributed by atoms with E-state index in [1.165, 1.54) is 24.9 Å². The molecule has 1 atom stereocenters. The van der Waals surface area contributed by atoms with Gasteiger partial charge in [0.1, 0.15) is 6.04 Å². The summed E-state index contributed by atoms with van der Waals surface area (Å²) in [6.07, 6.45) is 3.05. The van der Waals surface area contributed by atoms with Crippen LogP contribution < -0.4 is 4.90 Å². The average Bonchev–Trinajstić information content (AvgIpc) is 2.43. The van der Waals surface area contributed by atoms with Gasteiger partial charge in [-0.2, -0.15) is 0 Å². The maximum absolute atomic E-state index is 11.8. The molecule has 20 heavy (non-hydrogen) atoms. The van der Waals surface area contributed by atoms with Crippen LogP contribution in [0.1, 0.15) is 12.5 Å². The van der Waals surface area contributed by atoms with Gasteiger partial charge in [-0.25, -0.2) is 4.79 Å². The number of carbonyl (C=O) groups is 2. The highest BCUT2D eigenvalue weighted by Crippen LogP contribution is 2.13. The van der Waals surface area contributed by atoms with Crippen molar-refractivity contribution >= 4 is 23.6 Å². The highest BCUT2D eigenvalue weighted by atomic mass is 16.4. The number of anilines is 1. The van der Waals surface area contributed by atoms with Crippen LogP contribution in [0.4, 0.5) is 5.69 Å². The fourth-order valence-electron chi connectivity index (χ4n) is 1.53. The summed E-state index contributed by atoms with van der Waals surface area (Å²) in [6.45, 7) is 1.47. The van der Waals surface area contributed by atoms with E-state index >= 15 is 0 Å². The number of hydrogen-bond acceptors (Lipinski definition) is 3. The summed E-state index contributed by atoms with van der Waals surface area (Å²) in [5.41, 5.74) is 1.96. The summed E-state index contributed by atoms with van der Waals surface area (Å²) < 4.78 is 0. The van der Waals surface area contributed by atoms with Gasteiger partial charge in [0.2, 0.25) is 5.91 Å². The molecule has 0 aromatic heterocycles. The zero-order chi connectivity index (χ0) is 15.3. The zero-order valence-electron chi connectivity index (χ0n) is 12.2. The molecule has 5 heteroatoms. The molecule has 0 aliphatic heterocycles. The second-order valence-corrected chi connectivity index (χ2v) is 4.78. The molecule has 1 amide bonds. The number of carbonyl (C=O) groups excluding carboxylic acids is 1. The van der Waals surface area contributed by atoms with Crippen molar-refractivity contribution in [1.82, 2.24) is 4.90 Å². The zero-order valence-corrected chi connectivity index (χ0v) is 12.2. The van der Waals surface area contributed by atoms with Crippen LogP contribution in [0.15, 0.2) is 30.3 Å². The van der Waals surface area contributed by atoms with Crippen LogP contribution >= 0.6 is 0 Å². The predicted octanol–water partition coefficient (Wildman–Crippen LogP) is 1.70. The Balaban J connectivity index is 2.72. The number of amides is 1. The van der Waals surface area contributed by atoms with E-state index in [4.69, 9.17) is 5.11 Å². The lowest BCUT2D eigenvalue weighted by Gasteiger charge is -2.19. The van der Waals surface area contributed by atoms with Gasteiger partial charge in [-0.1, -0.05) is 12.1 Å². The Morgan fingerprint density at radius 1 is 1.15 bits per heavy atom. The Morgan fingerprint density at radius 2 is 1.70 bits per heavy atom. The Labute approximate surface area is 119 Å². The normalized spacial score (nSPS) is 12.2. The SMILES string of the molecule is CC(C(=O)O)N(C)C(=O)C=Cc1ccc(N(C)C)cc1. The molecule has 0 aliphatic carbocycles. The van der Waals surface area contributed by atoms with E-state index in [1.54, 1.807) is 6.08 Å². The van der Waals surface area contributed by atoms with Crippen molar-refractivity contribution in [3.05, 3.63) is 35.9 Å². The molecule has 0 radical (unpaired) electrons. The van der Waals surface area contributed by atoms with Crippen molar-refractivity contribution in [2.75, 3.05) is 26.0 Å². The number of hydrogen-bond donors (Lipinski definition) is 1. The molecule has 0 fully saturated rings. The van der Waals surface area contributed by atoms with E-state index in [2.05, 4.69) is 0 Å². The number of carboxylic acid groups (broad SMARTS) is 1. The summed E-state index contributed by atoms with van der Waals surface area (Å²) >= 11 is 0. The van der Waals surface area contributed by atoms with Gasteiger partial charge in [-0.05, 0) is 30.7 Å². The van der Waals surface area contributed by atoms with Gasteiger partial charge in [0, 0.05) is 32.9 Å². The fraction of sp³-hybridized carbons (Fsp3) is 0.333. The first-order valence-electron chi connectivity index (χ1n) is 6.28. The maximum atomic E-state index is 11.8. The van der Waals surface area contributed by atoms with E-state index in [-0.39, 0.29) is 5.91 Å². The quantitative estimate of drug-likeness (QED) is 0.831. The molecule has 0 bridgehead atoms. The molecule has 1 rings (SSSR count). The second kappa shape index (κ2) is 6.75. The molecule has 1 unspecified atom stereocenters. The standard InChI is InChI=1S/C15H20N2O3/c1-11(15(19)20)17(4)14(18)10-7-12-5-8-13(9-6-12)16(2)3/h5-11H,1-4H3,(H,19,20). The fourth-order valence-corrected chi connectivity index (χ4v) is 1.53. The molecule has 1 aromatic rings. The lowest BCUT2D eigenvalue weighted by Crippen LogP contribution is -2.39. The minimum absolute atomic E-state index is 0.336. The summed E-state index contributed by atoms with van der Waals surface area (Å²) in [5.74, 6) is -1.36. The topological polar surface area (TPSA) is 60.9 Å². The molecule has 1 aromatic carbocycles. The molecule has 1 N–H and O–H groups in total. The molecule has 0 spiro atoms. The van der Waals surface area contributed by atoms with Crippen molar-refractivity contribution in [1.29, 1.82) is 0 Å². The maximum Gasteiger partial charge on any atom is 0.326 e. The van der Waals surface area contributed by atoms with E-state index < -0.39 is 12.0 Å². The third-order valence-electron chi connectivity index (χ3n) is 3.11. The van der Waals surface area contributed by atoms with Gasteiger partial charge >= 0.3 is 5.97 Å². The highest BCUT2D eigenvalue weighted by Gasteiger charge is 2.19. The Hall–Kier alpha value is -2.30. The summed E-state index contributed by atoms with van der Waals surface area (Å²) in [7, 11) is 5.38. The third kappa shape index (κ3) is 4.12. The summed E-state index contributed by atoms with van der Waals surface area (Å²) in [5, 5.41) is 8.85. The number of carboxylic acids is 1. The van der Waals surface area contributed by atoms with Crippen LogP contribution in [0.25, 0.3) is 6.08 Å². The molecule has 0 saturated heterocycles. The number of benzene rings is 1. The molecule has 5 nitrogen and oxygen atoms in total. The van der Waals surface area contributed by atoms with Gasteiger partial charge in [0.05, 0.1) is 0 Å².